The van der Waals surface area contributed by atoms with Crippen LogP contribution in [0.3, 0.4) is 0 Å². The SMILES string of the molecule is CC(C)c1cccc(-c2ccc3c(c2)CCC(C)(C)C3NC(=O)O[C@H]2CN3CCC2CC3)c1. The first-order valence-corrected chi connectivity index (χ1v) is 12.7. The average molecular weight is 447 g/mol. The van der Waals surface area contributed by atoms with Gasteiger partial charge in [0.15, 0.2) is 0 Å². The fraction of sp³-hybridized carbons (Fsp3) is 0.552. The van der Waals surface area contributed by atoms with Crippen molar-refractivity contribution in [3.63, 3.8) is 0 Å². The van der Waals surface area contributed by atoms with E-state index < -0.39 is 0 Å². The number of nitrogens with one attached hydrogen (secondary N) is 1. The van der Waals surface area contributed by atoms with E-state index in [9.17, 15) is 4.79 Å². The second-order valence-electron chi connectivity index (χ2n) is 11.3. The van der Waals surface area contributed by atoms with Crippen LogP contribution in [0.4, 0.5) is 4.79 Å². The third kappa shape index (κ3) is 4.55. The van der Waals surface area contributed by atoms with Gasteiger partial charge in [-0.2, -0.15) is 0 Å². The largest absolute Gasteiger partial charge is 0.445 e. The molecule has 0 radical (unpaired) electrons. The van der Waals surface area contributed by atoms with E-state index in [-0.39, 0.29) is 23.7 Å². The zero-order valence-electron chi connectivity index (χ0n) is 20.6. The van der Waals surface area contributed by atoms with Gasteiger partial charge in [-0.25, -0.2) is 4.79 Å². The van der Waals surface area contributed by atoms with Crippen molar-refractivity contribution in [2.75, 3.05) is 19.6 Å². The molecule has 4 aliphatic rings. The van der Waals surface area contributed by atoms with Crippen LogP contribution >= 0.6 is 0 Å². The number of carbonyl (C=O) groups is 1. The number of alkyl carbamates (subject to hydrolysis) is 1. The summed E-state index contributed by atoms with van der Waals surface area (Å²) in [6, 6.07) is 15.6. The summed E-state index contributed by atoms with van der Waals surface area (Å²) in [5.41, 5.74) is 6.45. The molecule has 4 nitrogen and oxygen atoms in total. The highest BCUT2D eigenvalue weighted by molar-refractivity contribution is 5.70. The molecule has 1 N–H and O–H groups in total. The number of amides is 1. The smallest absolute Gasteiger partial charge is 0.407 e. The van der Waals surface area contributed by atoms with Crippen LogP contribution in [0, 0.1) is 11.3 Å². The van der Waals surface area contributed by atoms with Crippen LogP contribution in [0.2, 0.25) is 0 Å². The molecule has 3 heterocycles. The van der Waals surface area contributed by atoms with Gasteiger partial charge in [-0.05, 0) is 83.8 Å². The molecule has 2 aromatic rings. The summed E-state index contributed by atoms with van der Waals surface area (Å²) in [4.78, 5) is 15.4. The molecule has 1 unspecified atom stereocenters. The molecule has 0 spiro atoms. The molecular formula is C29H38N2O2. The van der Waals surface area contributed by atoms with Gasteiger partial charge in [0, 0.05) is 6.54 Å². The van der Waals surface area contributed by atoms with Gasteiger partial charge in [-0.3, -0.25) is 4.90 Å². The van der Waals surface area contributed by atoms with E-state index in [0.717, 1.165) is 45.3 Å². The van der Waals surface area contributed by atoms with Gasteiger partial charge >= 0.3 is 6.09 Å². The lowest BCUT2D eigenvalue weighted by molar-refractivity contribution is -0.0353. The summed E-state index contributed by atoms with van der Waals surface area (Å²) in [5.74, 6) is 1.04. The van der Waals surface area contributed by atoms with Crippen LogP contribution in [-0.4, -0.2) is 36.7 Å². The van der Waals surface area contributed by atoms with E-state index in [0.29, 0.717) is 11.8 Å². The van der Waals surface area contributed by atoms with E-state index in [4.69, 9.17) is 4.74 Å². The van der Waals surface area contributed by atoms with Gasteiger partial charge in [0.05, 0.1) is 6.04 Å². The third-order valence-electron chi connectivity index (χ3n) is 8.28. The molecule has 176 valence electrons. The first kappa shape index (κ1) is 22.5. The van der Waals surface area contributed by atoms with Crippen LogP contribution in [-0.2, 0) is 11.2 Å². The number of carbonyl (C=O) groups excluding carboxylic acids is 1. The number of nitrogens with zero attached hydrogens (tertiary/aromatic N) is 1. The summed E-state index contributed by atoms with van der Waals surface area (Å²) < 4.78 is 5.97. The maximum absolute atomic E-state index is 13.0. The average Bonchev–Trinajstić information content (AvgIpc) is 2.81. The normalized spacial score (nSPS) is 27.8. The Balaban J connectivity index is 1.35. The van der Waals surface area contributed by atoms with Gasteiger partial charge in [0.1, 0.15) is 6.10 Å². The van der Waals surface area contributed by atoms with E-state index >= 15 is 0 Å². The molecule has 3 saturated heterocycles. The lowest BCUT2D eigenvalue weighted by Gasteiger charge is -2.44. The first-order valence-electron chi connectivity index (χ1n) is 12.7. The van der Waals surface area contributed by atoms with Crippen molar-refractivity contribution in [3.05, 3.63) is 59.2 Å². The van der Waals surface area contributed by atoms with Crippen molar-refractivity contribution < 1.29 is 9.53 Å². The maximum atomic E-state index is 13.0. The first-order chi connectivity index (χ1) is 15.8. The Morgan fingerprint density at radius 2 is 1.85 bits per heavy atom. The van der Waals surface area contributed by atoms with Crippen molar-refractivity contribution >= 4 is 6.09 Å². The fourth-order valence-electron chi connectivity index (χ4n) is 5.99. The van der Waals surface area contributed by atoms with Crippen molar-refractivity contribution in [1.29, 1.82) is 0 Å². The second kappa shape index (κ2) is 8.79. The number of hydrogen-bond acceptors (Lipinski definition) is 3. The number of rotatable bonds is 4. The highest BCUT2D eigenvalue weighted by atomic mass is 16.6. The van der Waals surface area contributed by atoms with E-state index in [1.54, 1.807) is 0 Å². The van der Waals surface area contributed by atoms with Crippen LogP contribution in [0.5, 0.6) is 0 Å². The van der Waals surface area contributed by atoms with Crippen LogP contribution in [0.1, 0.15) is 75.6 Å². The topological polar surface area (TPSA) is 41.6 Å². The van der Waals surface area contributed by atoms with Gasteiger partial charge < -0.3 is 10.1 Å². The van der Waals surface area contributed by atoms with E-state index in [2.05, 4.69) is 80.4 Å². The van der Waals surface area contributed by atoms with Crippen LogP contribution in [0.15, 0.2) is 42.5 Å². The summed E-state index contributed by atoms with van der Waals surface area (Å²) >= 11 is 0. The predicted octanol–water partition coefficient (Wildman–Crippen LogP) is 6.31. The van der Waals surface area contributed by atoms with Crippen LogP contribution in [0.25, 0.3) is 11.1 Å². The molecule has 0 saturated carbocycles. The van der Waals surface area contributed by atoms with Gasteiger partial charge in [-0.15, -0.1) is 0 Å². The monoisotopic (exact) mass is 446 g/mol. The zero-order chi connectivity index (χ0) is 23.2. The molecule has 3 fully saturated rings. The summed E-state index contributed by atoms with van der Waals surface area (Å²) in [5, 5.41) is 3.28. The Kier molecular flexibility index (Phi) is 5.98. The standard InChI is InChI=1S/C29H38N2O2/c1-19(2)21-6-5-7-22(16-21)23-8-9-25-24(17-23)10-13-29(3,4)27(25)30-28(32)33-26-18-31-14-11-20(26)12-15-31/h5-9,16-17,19-20,26-27H,10-15,18H2,1-4H3,(H,30,32)/t26-,27?/m0/s1. The Bertz CT molecular complexity index is 1020. The third-order valence-corrected chi connectivity index (χ3v) is 8.28. The summed E-state index contributed by atoms with van der Waals surface area (Å²) in [6.45, 7) is 12.2. The summed E-state index contributed by atoms with van der Waals surface area (Å²) in [7, 11) is 0. The van der Waals surface area contributed by atoms with E-state index in [1.807, 2.05) is 0 Å². The number of hydrogen-bond donors (Lipinski definition) is 1. The maximum Gasteiger partial charge on any atom is 0.407 e. The molecule has 33 heavy (non-hydrogen) atoms. The van der Waals surface area contributed by atoms with Crippen molar-refractivity contribution in [3.8, 4) is 11.1 Å². The minimum Gasteiger partial charge on any atom is -0.445 e. The molecule has 2 aromatic carbocycles. The Morgan fingerprint density at radius 3 is 2.55 bits per heavy atom. The second-order valence-corrected chi connectivity index (χ2v) is 11.3. The number of fused-ring (bicyclic) bond motifs is 4. The Labute approximate surface area is 198 Å². The van der Waals surface area contributed by atoms with Crippen LogP contribution < -0.4 is 5.32 Å². The highest BCUT2D eigenvalue weighted by Gasteiger charge is 2.40. The minimum atomic E-state index is -0.256. The summed E-state index contributed by atoms with van der Waals surface area (Å²) in [6.07, 6.45) is 4.16. The quantitative estimate of drug-likeness (QED) is 0.598. The minimum absolute atomic E-state index is 0.0137. The van der Waals surface area contributed by atoms with E-state index in [1.165, 1.54) is 27.8 Å². The number of piperidine rings is 3. The fourth-order valence-corrected chi connectivity index (χ4v) is 5.99. The predicted molar refractivity (Wildman–Crippen MR) is 133 cm³/mol. The molecule has 0 aromatic heterocycles. The van der Waals surface area contributed by atoms with Gasteiger partial charge in [0.2, 0.25) is 0 Å². The van der Waals surface area contributed by atoms with Crippen molar-refractivity contribution in [1.82, 2.24) is 10.2 Å². The molecule has 1 aliphatic carbocycles. The van der Waals surface area contributed by atoms with Crippen molar-refractivity contribution in [2.45, 2.75) is 71.4 Å². The lowest BCUT2D eigenvalue weighted by atomic mass is 9.70. The number of ether oxygens (including phenoxy) is 1. The molecule has 6 rings (SSSR count). The Hall–Kier alpha value is -2.33. The zero-order valence-corrected chi connectivity index (χ0v) is 20.6. The van der Waals surface area contributed by atoms with Gasteiger partial charge in [0.25, 0.3) is 0 Å². The number of benzene rings is 2. The molecule has 2 bridgehead atoms. The Morgan fingerprint density at radius 1 is 1.09 bits per heavy atom. The van der Waals surface area contributed by atoms with Crippen molar-refractivity contribution in [2.24, 2.45) is 11.3 Å². The highest BCUT2D eigenvalue weighted by Crippen LogP contribution is 2.44. The molecular weight excluding hydrogens is 408 g/mol. The lowest BCUT2D eigenvalue weighted by Crippen LogP contribution is -2.53. The van der Waals surface area contributed by atoms with Gasteiger partial charge in [-0.1, -0.05) is 70.2 Å². The molecule has 4 heteroatoms. The molecule has 3 aliphatic heterocycles. The number of aryl methyl sites for hydroxylation is 1. The molecule has 2 atom stereocenters. The molecule has 1 amide bonds.